The molecule has 3 rings (SSSR count). The molecular formula is C12H18N6O. The van der Waals surface area contributed by atoms with Crippen molar-refractivity contribution < 1.29 is 4.79 Å². The normalized spacial score (nSPS) is 20.4. The Morgan fingerprint density at radius 3 is 3.00 bits per heavy atom. The van der Waals surface area contributed by atoms with Crippen molar-refractivity contribution >= 4 is 17.8 Å². The first-order valence-corrected chi connectivity index (χ1v) is 6.56. The molecule has 7 heteroatoms. The Labute approximate surface area is 111 Å². The van der Waals surface area contributed by atoms with E-state index >= 15 is 0 Å². The third kappa shape index (κ3) is 2.76. The quantitative estimate of drug-likeness (QED) is 0.728. The number of urea groups is 1. The average molecular weight is 262 g/mol. The molecular weight excluding hydrogens is 244 g/mol. The highest BCUT2D eigenvalue weighted by molar-refractivity contribution is 5.91. The van der Waals surface area contributed by atoms with Crippen molar-refractivity contribution in [3.63, 3.8) is 0 Å². The minimum absolute atomic E-state index is 0.212. The summed E-state index contributed by atoms with van der Waals surface area (Å²) in [6.45, 7) is 2.65. The predicted octanol–water partition coefficient (Wildman–Crippen LogP) is 0.618. The van der Waals surface area contributed by atoms with E-state index in [-0.39, 0.29) is 6.03 Å². The minimum atomic E-state index is -0.212. The van der Waals surface area contributed by atoms with Gasteiger partial charge in [0.1, 0.15) is 5.82 Å². The zero-order valence-electron chi connectivity index (χ0n) is 10.9. The maximum atomic E-state index is 11.3. The van der Waals surface area contributed by atoms with Gasteiger partial charge in [-0.15, -0.1) is 0 Å². The van der Waals surface area contributed by atoms with Crippen molar-refractivity contribution in [3.05, 3.63) is 11.8 Å². The Hall–Kier alpha value is -1.89. The summed E-state index contributed by atoms with van der Waals surface area (Å²) in [7, 11) is 2.13. The van der Waals surface area contributed by atoms with Crippen LogP contribution in [0.3, 0.4) is 0 Å². The summed E-state index contributed by atoms with van der Waals surface area (Å²) in [5.41, 5.74) is 0.911. The number of hydrogen-bond donors (Lipinski definition) is 3. The fraction of sp³-hybridized carbons (Fsp3) is 0.583. The Morgan fingerprint density at radius 1 is 1.42 bits per heavy atom. The molecule has 19 heavy (non-hydrogen) atoms. The molecule has 0 atom stereocenters. The smallest absolute Gasteiger partial charge is 0.320 e. The van der Waals surface area contributed by atoms with Crippen molar-refractivity contribution in [2.24, 2.45) is 0 Å². The van der Waals surface area contributed by atoms with E-state index in [1.165, 1.54) is 0 Å². The lowest BCUT2D eigenvalue weighted by molar-refractivity contribution is 0.250. The van der Waals surface area contributed by atoms with E-state index < -0.39 is 0 Å². The van der Waals surface area contributed by atoms with Crippen LogP contribution < -0.4 is 16.0 Å². The fourth-order valence-corrected chi connectivity index (χ4v) is 2.38. The molecule has 1 fully saturated rings. The molecule has 2 aliphatic rings. The molecule has 1 aromatic heterocycles. The van der Waals surface area contributed by atoms with E-state index in [1.807, 2.05) is 0 Å². The van der Waals surface area contributed by atoms with E-state index in [0.29, 0.717) is 24.4 Å². The second kappa shape index (κ2) is 5.00. The SMILES string of the molecule is CN1CCC(Nc2ncc3c(n2)NC(=O)NC3)CC1. The molecule has 0 radical (unpaired) electrons. The summed E-state index contributed by atoms with van der Waals surface area (Å²) in [6, 6.07) is 0.197. The van der Waals surface area contributed by atoms with Gasteiger partial charge in [0.25, 0.3) is 0 Å². The third-order valence-electron chi connectivity index (χ3n) is 3.59. The van der Waals surface area contributed by atoms with Gasteiger partial charge in [0.2, 0.25) is 5.95 Å². The molecule has 0 aliphatic carbocycles. The van der Waals surface area contributed by atoms with Crippen LogP contribution in [0.4, 0.5) is 16.6 Å². The van der Waals surface area contributed by atoms with Crippen LogP contribution in [0.5, 0.6) is 0 Å². The molecule has 3 heterocycles. The number of hydrogen-bond acceptors (Lipinski definition) is 5. The van der Waals surface area contributed by atoms with Crippen molar-refractivity contribution in [3.8, 4) is 0 Å². The number of carbonyl (C=O) groups is 1. The molecule has 102 valence electrons. The van der Waals surface area contributed by atoms with Gasteiger partial charge >= 0.3 is 6.03 Å². The summed E-state index contributed by atoms with van der Waals surface area (Å²) < 4.78 is 0. The van der Waals surface area contributed by atoms with Crippen molar-refractivity contribution in [2.75, 3.05) is 30.8 Å². The lowest BCUT2D eigenvalue weighted by Crippen LogP contribution is -2.37. The number of amides is 2. The number of fused-ring (bicyclic) bond motifs is 1. The van der Waals surface area contributed by atoms with Gasteiger partial charge in [-0.1, -0.05) is 0 Å². The van der Waals surface area contributed by atoms with Crippen molar-refractivity contribution in [2.45, 2.75) is 25.4 Å². The molecule has 7 nitrogen and oxygen atoms in total. The molecule has 3 N–H and O–H groups in total. The number of aromatic nitrogens is 2. The zero-order chi connectivity index (χ0) is 13.2. The van der Waals surface area contributed by atoms with Gasteiger partial charge in [-0.3, -0.25) is 5.32 Å². The van der Waals surface area contributed by atoms with Crippen LogP contribution in [-0.4, -0.2) is 47.1 Å². The predicted molar refractivity (Wildman–Crippen MR) is 72.0 cm³/mol. The molecule has 0 bridgehead atoms. The van der Waals surface area contributed by atoms with Crippen LogP contribution in [0.15, 0.2) is 6.20 Å². The number of piperidine rings is 1. The highest BCUT2D eigenvalue weighted by atomic mass is 16.2. The fourth-order valence-electron chi connectivity index (χ4n) is 2.38. The molecule has 0 unspecified atom stereocenters. The van der Waals surface area contributed by atoms with Gasteiger partial charge in [0.15, 0.2) is 0 Å². The highest BCUT2D eigenvalue weighted by Crippen LogP contribution is 2.18. The third-order valence-corrected chi connectivity index (χ3v) is 3.59. The topological polar surface area (TPSA) is 82.2 Å². The van der Waals surface area contributed by atoms with Crippen LogP contribution in [0, 0.1) is 0 Å². The van der Waals surface area contributed by atoms with Gasteiger partial charge in [0.05, 0.1) is 0 Å². The van der Waals surface area contributed by atoms with E-state index in [2.05, 4.69) is 37.9 Å². The Balaban J connectivity index is 1.68. The largest absolute Gasteiger partial charge is 0.351 e. The second-order valence-electron chi connectivity index (χ2n) is 5.10. The molecule has 1 aromatic rings. The summed E-state index contributed by atoms with van der Waals surface area (Å²) in [4.78, 5) is 22.2. The minimum Gasteiger partial charge on any atom is -0.351 e. The maximum Gasteiger partial charge on any atom is 0.320 e. The number of anilines is 2. The second-order valence-corrected chi connectivity index (χ2v) is 5.10. The van der Waals surface area contributed by atoms with Crippen LogP contribution in [0.2, 0.25) is 0 Å². The lowest BCUT2D eigenvalue weighted by atomic mass is 10.1. The number of likely N-dealkylation sites (tertiary alicyclic amines) is 1. The van der Waals surface area contributed by atoms with E-state index in [0.717, 1.165) is 31.5 Å². The summed E-state index contributed by atoms with van der Waals surface area (Å²) in [6.07, 6.45) is 3.93. The molecule has 0 spiro atoms. The van der Waals surface area contributed by atoms with Gasteiger partial charge in [0, 0.05) is 24.3 Å². The first-order valence-electron chi connectivity index (χ1n) is 6.56. The maximum absolute atomic E-state index is 11.3. The summed E-state index contributed by atoms with van der Waals surface area (Å²) in [5, 5.41) is 8.73. The number of nitrogens with zero attached hydrogens (tertiary/aromatic N) is 3. The first-order chi connectivity index (χ1) is 9.20. The van der Waals surface area contributed by atoms with Gasteiger partial charge in [-0.05, 0) is 33.0 Å². The van der Waals surface area contributed by atoms with Crippen LogP contribution >= 0.6 is 0 Å². The van der Waals surface area contributed by atoms with Gasteiger partial charge in [-0.25, -0.2) is 9.78 Å². The highest BCUT2D eigenvalue weighted by Gasteiger charge is 2.19. The molecule has 2 aliphatic heterocycles. The molecule has 0 aromatic carbocycles. The van der Waals surface area contributed by atoms with Crippen molar-refractivity contribution in [1.82, 2.24) is 20.2 Å². The number of nitrogens with one attached hydrogen (secondary N) is 3. The average Bonchev–Trinajstić information content (AvgIpc) is 2.41. The molecule has 2 amide bonds. The van der Waals surface area contributed by atoms with E-state index in [1.54, 1.807) is 6.20 Å². The zero-order valence-corrected chi connectivity index (χ0v) is 10.9. The number of rotatable bonds is 2. The summed E-state index contributed by atoms with van der Waals surface area (Å²) >= 11 is 0. The monoisotopic (exact) mass is 262 g/mol. The van der Waals surface area contributed by atoms with E-state index in [9.17, 15) is 4.79 Å². The molecule has 0 saturated carbocycles. The van der Waals surface area contributed by atoms with Gasteiger partial charge in [-0.2, -0.15) is 4.98 Å². The lowest BCUT2D eigenvalue weighted by Gasteiger charge is -2.29. The van der Waals surface area contributed by atoms with Crippen LogP contribution in [0.25, 0.3) is 0 Å². The Bertz CT molecular complexity index is 483. The Morgan fingerprint density at radius 2 is 2.21 bits per heavy atom. The van der Waals surface area contributed by atoms with Crippen LogP contribution in [0.1, 0.15) is 18.4 Å². The Kier molecular flexibility index (Phi) is 3.20. The molecule has 1 saturated heterocycles. The number of carbonyl (C=O) groups excluding carboxylic acids is 1. The van der Waals surface area contributed by atoms with Crippen molar-refractivity contribution in [1.29, 1.82) is 0 Å². The van der Waals surface area contributed by atoms with E-state index in [4.69, 9.17) is 0 Å². The summed E-state index contributed by atoms with van der Waals surface area (Å²) in [5.74, 6) is 1.20. The first kappa shape index (κ1) is 12.2. The van der Waals surface area contributed by atoms with Gasteiger partial charge < -0.3 is 15.5 Å². The van der Waals surface area contributed by atoms with Crippen LogP contribution in [-0.2, 0) is 6.54 Å². The standard InChI is InChI=1S/C12H18N6O/c1-18-4-2-9(3-5-18)15-11-13-6-8-7-14-12(19)17-10(8)16-11/h6,9H,2-5,7H2,1H3,(H3,13,14,15,16,17,19).